The van der Waals surface area contributed by atoms with Crippen LogP contribution in [0.4, 0.5) is 13.2 Å². The Morgan fingerprint density at radius 1 is 0.720 bits per heavy atom. The van der Waals surface area contributed by atoms with Crippen molar-refractivity contribution >= 4 is 0 Å². The summed E-state index contributed by atoms with van der Waals surface area (Å²) in [5.74, 6) is 0.210. The van der Waals surface area contributed by atoms with E-state index in [9.17, 15) is 23.4 Å². The predicted octanol–water partition coefficient (Wildman–Crippen LogP) is 5.37. The first-order valence-electron chi connectivity index (χ1n) is 7.60. The van der Waals surface area contributed by atoms with E-state index in [1.807, 2.05) is 0 Å². The first-order valence-corrected chi connectivity index (χ1v) is 7.60. The van der Waals surface area contributed by atoms with Gasteiger partial charge < -0.3 is 10.2 Å². The molecule has 0 radical (unpaired) electrons. The molecule has 0 amide bonds. The molecule has 0 aromatic heterocycles. The second-order valence-corrected chi connectivity index (χ2v) is 5.76. The second kappa shape index (κ2) is 6.51. The molecule has 0 aliphatic heterocycles. The average molecular weight is 344 g/mol. The summed E-state index contributed by atoms with van der Waals surface area (Å²) in [6.07, 6.45) is -3.86. The van der Waals surface area contributed by atoms with Gasteiger partial charge in [0.2, 0.25) is 0 Å². The molecule has 0 fully saturated rings. The molecule has 3 aromatic carbocycles. The number of phenolic OH excluding ortho intramolecular Hbond substituents is 2. The van der Waals surface area contributed by atoms with Gasteiger partial charge in [-0.2, -0.15) is 13.2 Å². The van der Waals surface area contributed by atoms with Gasteiger partial charge in [0.05, 0.1) is 5.56 Å². The van der Waals surface area contributed by atoms with Crippen molar-refractivity contribution in [3.8, 4) is 22.6 Å². The van der Waals surface area contributed by atoms with Crippen molar-refractivity contribution in [2.45, 2.75) is 12.6 Å². The van der Waals surface area contributed by atoms with Crippen LogP contribution in [0.3, 0.4) is 0 Å². The highest BCUT2D eigenvalue weighted by atomic mass is 19.4. The highest BCUT2D eigenvalue weighted by molar-refractivity contribution is 5.70. The molecule has 0 saturated heterocycles. The van der Waals surface area contributed by atoms with Crippen molar-refractivity contribution in [3.05, 3.63) is 83.4 Å². The molecule has 0 unspecified atom stereocenters. The van der Waals surface area contributed by atoms with Gasteiger partial charge in [0, 0.05) is 0 Å². The topological polar surface area (TPSA) is 40.5 Å². The summed E-state index contributed by atoms with van der Waals surface area (Å²) in [5, 5.41) is 19.1. The summed E-state index contributed by atoms with van der Waals surface area (Å²) >= 11 is 0. The molecule has 2 N–H and O–H groups in total. The predicted molar refractivity (Wildman–Crippen MR) is 89.5 cm³/mol. The summed E-state index contributed by atoms with van der Waals surface area (Å²) < 4.78 is 38.2. The molecule has 25 heavy (non-hydrogen) atoms. The van der Waals surface area contributed by atoms with Crippen LogP contribution in [0, 0.1) is 0 Å². The molecule has 2 nitrogen and oxygen atoms in total. The summed E-state index contributed by atoms with van der Waals surface area (Å²) in [6.45, 7) is 0. The molecule has 0 heterocycles. The Morgan fingerprint density at radius 2 is 1.32 bits per heavy atom. The highest BCUT2D eigenvalue weighted by Crippen LogP contribution is 2.33. The Labute approximate surface area is 142 Å². The van der Waals surface area contributed by atoms with E-state index < -0.39 is 11.7 Å². The fourth-order valence-electron chi connectivity index (χ4n) is 2.66. The van der Waals surface area contributed by atoms with Gasteiger partial charge in [0.1, 0.15) is 11.5 Å². The summed E-state index contributed by atoms with van der Waals surface area (Å²) in [4.78, 5) is 0. The van der Waals surface area contributed by atoms with E-state index >= 15 is 0 Å². The van der Waals surface area contributed by atoms with Crippen LogP contribution in [0.1, 0.15) is 16.7 Å². The van der Waals surface area contributed by atoms with E-state index in [2.05, 4.69) is 0 Å². The second-order valence-electron chi connectivity index (χ2n) is 5.76. The molecule has 0 bridgehead atoms. The molecular formula is C20H15F3O2. The van der Waals surface area contributed by atoms with Gasteiger partial charge in [-0.3, -0.25) is 0 Å². The molecule has 0 spiro atoms. The zero-order chi connectivity index (χ0) is 18.0. The summed E-state index contributed by atoms with van der Waals surface area (Å²) in [6, 6.07) is 16.4. The molecule has 0 saturated carbocycles. The van der Waals surface area contributed by atoms with Crippen LogP contribution < -0.4 is 0 Å². The van der Waals surface area contributed by atoms with Crippen molar-refractivity contribution in [2.24, 2.45) is 0 Å². The van der Waals surface area contributed by atoms with Crippen LogP contribution in [0.5, 0.6) is 11.5 Å². The Kier molecular flexibility index (Phi) is 4.40. The van der Waals surface area contributed by atoms with Gasteiger partial charge in [-0.15, -0.1) is 0 Å². The first-order chi connectivity index (χ1) is 11.8. The monoisotopic (exact) mass is 344 g/mol. The van der Waals surface area contributed by atoms with Crippen molar-refractivity contribution in [1.82, 2.24) is 0 Å². The van der Waals surface area contributed by atoms with Gasteiger partial charge in [0.15, 0.2) is 0 Å². The van der Waals surface area contributed by atoms with Crippen LogP contribution in [0.25, 0.3) is 11.1 Å². The molecule has 3 aromatic rings. The minimum atomic E-state index is -4.38. The number of alkyl halides is 3. The smallest absolute Gasteiger partial charge is 0.416 e. The average Bonchev–Trinajstić information content (AvgIpc) is 2.58. The minimum absolute atomic E-state index is 0.0457. The van der Waals surface area contributed by atoms with Crippen LogP contribution >= 0.6 is 0 Å². The van der Waals surface area contributed by atoms with Crippen LogP contribution in [-0.4, -0.2) is 10.2 Å². The van der Waals surface area contributed by atoms with E-state index in [4.69, 9.17) is 0 Å². The molecule has 0 aliphatic carbocycles. The van der Waals surface area contributed by atoms with Crippen molar-refractivity contribution in [1.29, 1.82) is 0 Å². The summed E-state index contributed by atoms with van der Waals surface area (Å²) in [5.41, 5.74) is 2.36. The standard InChI is InChI=1S/C20H15F3O2/c21-20(22,23)16-6-3-14(4-7-16)19-12-18(25)10-5-15(19)11-13-1-8-17(24)9-2-13/h1-10,12,24-25H,11H2. The number of aromatic hydroxyl groups is 2. The SMILES string of the molecule is Oc1ccc(Cc2ccc(O)cc2-c2ccc(C(F)(F)F)cc2)cc1. The Morgan fingerprint density at radius 3 is 1.92 bits per heavy atom. The number of rotatable bonds is 3. The Hall–Kier alpha value is -2.95. The highest BCUT2D eigenvalue weighted by Gasteiger charge is 2.30. The lowest BCUT2D eigenvalue weighted by molar-refractivity contribution is -0.137. The zero-order valence-corrected chi connectivity index (χ0v) is 13.1. The third-order valence-electron chi connectivity index (χ3n) is 3.95. The number of hydrogen-bond acceptors (Lipinski definition) is 2. The molecule has 5 heteroatoms. The van der Waals surface area contributed by atoms with E-state index in [0.717, 1.165) is 23.3 Å². The van der Waals surface area contributed by atoms with Gasteiger partial charge in [-0.25, -0.2) is 0 Å². The van der Waals surface area contributed by atoms with Gasteiger partial charge in [-0.05, 0) is 65.1 Å². The lowest BCUT2D eigenvalue weighted by Gasteiger charge is -2.12. The maximum atomic E-state index is 12.7. The van der Waals surface area contributed by atoms with Gasteiger partial charge >= 0.3 is 6.18 Å². The quantitative estimate of drug-likeness (QED) is 0.670. The Balaban J connectivity index is 1.98. The van der Waals surface area contributed by atoms with E-state index in [1.165, 1.54) is 12.1 Å². The molecule has 0 aliphatic rings. The minimum Gasteiger partial charge on any atom is -0.508 e. The lowest BCUT2D eigenvalue weighted by Crippen LogP contribution is -2.04. The zero-order valence-electron chi connectivity index (χ0n) is 13.1. The molecular weight excluding hydrogens is 329 g/mol. The van der Waals surface area contributed by atoms with Crippen LogP contribution in [-0.2, 0) is 12.6 Å². The van der Waals surface area contributed by atoms with E-state index in [-0.39, 0.29) is 11.5 Å². The van der Waals surface area contributed by atoms with E-state index in [0.29, 0.717) is 17.5 Å². The van der Waals surface area contributed by atoms with Gasteiger partial charge in [0.25, 0.3) is 0 Å². The van der Waals surface area contributed by atoms with Crippen LogP contribution in [0.2, 0.25) is 0 Å². The molecule has 3 rings (SSSR count). The lowest BCUT2D eigenvalue weighted by atomic mass is 9.94. The number of benzene rings is 3. The fraction of sp³-hybridized carbons (Fsp3) is 0.100. The number of hydrogen-bond donors (Lipinski definition) is 2. The molecule has 0 atom stereocenters. The Bertz CT molecular complexity index is 867. The molecule has 128 valence electrons. The largest absolute Gasteiger partial charge is 0.508 e. The number of halogens is 3. The maximum Gasteiger partial charge on any atom is 0.416 e. The number of phenols is 2. The normalized spacial score (nSPS) is 11.5. The third-order valence-corrected chi connectivity index (χ3v) is 3.95. The van der Waals surface area contributed by atoms with Crippen LogP contribution in [0.15, 0.2) is 66.7 Å². The van der Waals surface area contributed by atoms with Gasteiger partial charge in [-0.1, -0.05) is 30.3 Å². The fourth-order valence-corrected chi connectivity index (χ4v) is 2.66. The first kappa shape index (κ1) is 16.9. The van der Waals surface area contributed by atoms with Crippen molar-refractivity contribution < 1.29 is 23.4 Å². The van der Waals surface area contributed by atoms with Crippen molar-refractivity contribution in [3.63, 3.8) is 0 Å². The van der Waals surface area contributed by atoms with E-state index in [1.54, 1.807) is 42.5 Å². The van der Waals surface area contributed by atoms with Crippen molar-refractivity contribution in [2.75, 3.05) is 0 Å². The summed E-state index contributed by atoms with van der Waals surface area (Å²) in [7, 11) is 0. The third kappa shape index (κ3) is 3.94. The maximum absolute atomic E-state index is 12.7.